The van der Waals surface area contributed by atoms with E-state index < -0.39 is 18.0 Å². The number of ketones is 1. The van der Waals surface area contributed by atoms with E-state index in [2.05, 4.69) is 5.32 Å². The number of halogens is 3. The van der Waals surface area contributed by atoms with Gasteiger partial charge in [0.2, 0.25) is 0 Å². The standard InChI is InChI=1S/C11H12F3NO/c1-15-9(10(16)11(12,13)14)7-8-5-3-2-4-6-8/h2-6,9,15H,7H2,1H3. The number of carbonyl (C=O) groups excluding carboxylic acids is 1. The van der Waals surface area contributed by atoms with Crippen LogP contribution in [0.2, 0.25) is 0 Å². The average molecular weight is 231 g/mol. The van der Waals surface area contributed by atoms with E-state index in [1.165, 1.54) is 7.05 Å². The molecule has 1 rings (SSSR count). The summed E-state index contributed by atoms with van der Waals surface area (Å²) in [5.74, 6) is -1.74. The van der Waals surface area contributed by atoms with Gasteiger partial charge in [0.15, 0.2) is 0 Å². The lowest BCUT2D eigenvalue weighted by Gasteiger charge is -2.16. The Labute approximate surface area is 91.5 Å². The Morgan fingerprint density at radius 2 is 1.88 bits per heavy atom. The predicted molar refractivity (Wildman–Crippen MR) is 54.1 cm³/mol. The number of carbonyl (C=O) groups is 1. The first-order valence-electron chi connectivity index (χ1n) is 4.77. The number of benzene rings is 1. The van der Waals surface area contributed by atoms with Crippen molar-refractivity contribution < 1.29 is 18.0 Å². The fourth-order valence-electron chi connectivity index (χ4n) is 1.37. The van der Waals surface area contributed by atoms with Crippen LogP contribution in [0, 0.1) is 0 Å². The molecule has 2 nitrogen and oxygen atoms in total. The second-order valence-electron chi connectivity index (χ2n) is 3.39. The average Bonchev–Trinajstić information content (AvgIpc) is 2.25. The molecule has 1 N–H and O–H groups in total. The molecule has 0 amide bonds. The van der Waals surface area contributed by atoms with Gasteiger partial charge < -0.3 is 5.32 Å². The Balaban J connectivity index is 2.74. The van der Waals surface area contributed by atoms with E-state index in [0.29, 0.717) is 5.56 Å². The van der Waals surface area contributed by atoms with Gasteiger partial charge in [-0.3, -0.25) is 4.79 Å². The molecule has 0 aliphatic rings. The molecule has 16 heavy (non-hydrogen) atoms. The van der Waals surface area contributed by atoms with Crippen molar-refractivity contribution in [1.82, 2.24) is 5.32 Å². The van der Waals surface area contributed by atoms with Crippen LogP contribution in [0.25, 0.3) is 0 Å². The van der Waals surface area contributed by atoms with Crippen LogP contribution in [0.3, 0.4) is 0 Å². The molecule has 1 unspecified atom stereocenters. The third kappa shape index (κ3) is 3.34. The zero-order valence-electron chi connectivity index (χ0n) is 8.71. The molecule has 0 spiro atoms. The minimum Gasteiger partial charge on any atom is -0.310 e. The van der Waals surface area contributed by atoms with E-state index in [4.69, 9.17) is 0 Å². The normalized spacial score (nSPS) is 13.5. The first-order valence-corrected chi connectivity index (χ1v) is 4.77. The minimum absolute atomic E-state index is 0.0374. The third-order valence-electron chi connectivity index (χ3n) is 2.23. The van der Waals surface area contributed by atoms with Crippen LogP contribution in [0.4, 0.5) is 13.2 Å². The van der Waals surface area contributed by atoms with Crippen molar-refractivity contribution in [3.63, 3.8) is 0 Å². The Bertz CT molecular complexity index is 348. The minimum atomic E-state index is -4.79. The SMILES string of the molecule is CNC(Cc1ccccc1)C(=O)C(F)(F)F. The fourth-order valence-corrected chi connectivity index (χ4v) is 1.37. The van der Waals surface area contributed by atoms with Gasteiger partial charge in [0, 0.05) is 0 Å². The van der Waals surface area contributed by atoms with Crippen LogP contribution >= 0.6 is 0 Å². The molecule has 1 aromatic rings. The number of nitrogens with one attached hydrogen (secondary N) is 1. The molecule has 0 bridgehead atoms. The van der Waals surface area contributed by atoms with Crippen molar-refractivity contribution in [3.05, 3.63) is 35.9 Å². The molecule has 5 heteroatoms. The van der Waals surface area contributed by atoms with Crippen molar-refractivity contribution in [2.75, 3.05) is 7.05 Å². The molecule has 0 saturated carbocycles. The van der Waals surface area contributed by atoms with Gasteiger partial charge in [-0.2, -0.15) is 13.2 Å². The van der Waals surface area contributed by atoms with Crippen LogP contribution in [0.5, 0.6) is 0 Å². The summed E-state index contributed by atoms with van der Waals surface area (Å²) < 4.78 is 36.6. The zero-order chi connectivity index (χ0) is 12.2. The highest BCUT2D eigenvalue weighted by Gasteiger charge is 2.42. The summed E-state index contributed by atoms with van der Waals surface area (Å²) in [7, 11) is 1.34. The van der Waals surface area contributed by atoms with E-state index in [-0.39, 0.29) is 6.42 Å². The first-order chi connectivity index (χ1) is 7.45. The van der Waals surface area contributed by atoms with Crippen LogP contribution in [-0.2, 0) is 11.2 Å². The molecule has 0 heterocycles. The molecule has 0 radical (unpaired) electrons. The maximum atomic E-state index is 12.2. The van der Waals surface area contributed by atoms with E-state index >= 15 is 0 Å². The van der Waals surface area contributed by atoms with E-state index in [1.807, 2.05) is 0 Å². The Morgan fingerprint density at radius 3 is 2.31 bits per heavy atom. The van der Waals surface area contributed by atoms with Crippen molar-refractivity contribution in [2.24, 2.45) is 0 Å². The van der Waals surface area contributed by atoms with Crippen LogP contribution < -0.4 is 5.32 Å². The van der Waals surface area contributed by atoms with Gasteiger partial charge in [-0.15, -0.1) is 0 Å². The summed E-state index contributed by atoms with van der Waals surface area (Å²) in [5.41, 5.74) is 0.694. The number of hydrogen-bond acceptors (Lipinski definition) is 2. The Morgan fingerprint density at radius 1 is 1.31 bits per heavy atom. The number of rotatable bonds is 4. The van der Waals surface area contributed by atoms with Crippen LogP contribution in [-0.4, -0.2) is 25.0 Å². The number of likely N-dealkylation sites (N-methyl/N-ethyl adjacent to an activating group) is 1. The van der Waals surface area contributed by atoms with Gasteiger partial charge in [0.05, 0.1) is 6.04 Å². The number of Topliss-reactive ketones (excluding diaryl/α,β-unsaturated/α-hetero) is 1. The molecule has 88 valence electrons. The predicted octanol–water partition coefficient (Wildman–Crippen LogP) is 1.95. The molecule has 0 aliphatic heterocycles. The summed E-state index contributed by atoms with van der Waals surface area (Å²) in [6.45, 7) is 0. The Hall–Kier alpha value is -1.36. The van der Waals surface area contributed by atoms with Gasteiger partial charge in [-0.1, -0.05) is 30.3 Å². The van der Waals surface area contributed by atoms with Gasteiger partial charge >= 0.3 is 6.18 Å². The smallest absolute Gasteiger partial charge is 0.310 e. The van der Waals surface area contributed by atoms with Crippen molar-refractivity contribution in [2.45, 2.75) is 18.6 Å². The molecule has 1 aromatic carbocycles. The molecule has 1 atom stereocenters. The second-order valence-corrected chi connectivity index (χ2v) is 3.39. The molecule has 0 aromatic heterocycles. The van der Waals surface area contributed by atoms with Crippen molar-refractivity contribution in [3.8, 4) is 0 Å². The summed E-state index contributed by atoms with van der Waals surface area (Å²) in [5, 5.41) is 2.39. The monoisotopic (exact) mass is 231 g/mol. The lowest BCUT2D eigenvalue weighted by atomic mass is 10.0. The summed E-state index contributed by atoms with van der Waals surface area (Å²) in [6, 6.07) is 7.37. The van der Waals surface area contributed by atoms with Crippen LogP contribution in [0.1, 0.15) is 5.56 Å². The number of hydrogen-bond donors (Lipinski definition) is 1. The zero-order valence-corrected chi connectivity index (χ0v) is 8.71. The van der Waals surface area contributed by atoms with Crippen molar-refractivity contribution >= 4 is 5.78 Å². The summed E-state index contributed by atoms with van der Waals surface area (Å²) >= 11 is 0. The van der Waals surface area contributed by atoms with Gasteiger partial charge in [-0.25, -0.2) is 0 Å². The first kappa shape index (κ1) is 12.7. The highest BCUT2D eigenvalue weighted by molar-refractivity contribution is 5.89. The third-order valence-corrected chi connectivity index (χ3v) is 2.23. The molecule has 0 aliphatic carbocycles. The molecule has 0 fully saturated rings. The highest BCUT2D eigenvalue weighted by atomic mass is 19.4. The van der Waals surface area contributed by atoms with E-state index in [1.54, 1.807) is 30.3 Å². The van der Waals surface area contributed by atoms with E-state index in [0.717, 1.165) is 0 Å². The van der Waals surface area contributed by atoms with Crippen molar-refractivity contribution in [1.29, 1.82) is 0 Å². The Kier molecular flexibility index (Phi) is 4.06. The van der Waals surface area contributed by atoms with Crippen LogP contribution in [0.15, 0.2) is 30.3 Å². The largest absolute Gasteiger partial charge is 0.451 e. The fraction of sp³-hybridized carbons (Fsp3) is 0.364. The maximum absolute atomic E-state index is 12.2. The molecular weight excluding hydrogens is 219 g/mol. The van der Waals surface area contributed by atoms with Gasteiger partial charge in [-0.05, 0) is 19.0 Å². The summed E-state index contributed by atoms with van der Waals surface area (Å²) in [6.07, 6.45) is -4.75. The quantitative estimate of drug-likeness (QED) is 0.858. The lowest BCUT2D eigenvalue weighted by molar-refractivity contribution is -0.173. The van der Waals surface area contributed by atoms with Gasteiger partial charge in [0.25, 0.3) is 5.78 Å². The number of alkyl halides is 3. The topological polar surface area (TPSA) is 29.1 Å². The maximum Gasteiger partial charge on any atom is 0.451 e. The molecule has 0 saturated heterocycles. The summed E-state index contributed by atoms with van der Waals surface area (Å²) in [4.78, 5) is 11.0. The highest BCUT2D eigenvalue weighted by Crippen LogP contribution is 2.19. The van der Waals surface area contributed by atoms with E-state index in [9.17, 15) is 18.0 Å². The molecular formula is C11H12F3NO. The van der Waals surface area contributed by atoms with Gasteiger partial charge in [0.1, 0.15) is 0 Å². The second kappa shape index (κ2) is 5.12. The lowest BCUT2D eigenvalue weighted by Crippen LogP contribution is -2.43.